The summed E-state index contributed by atoms with van der Waals surface area (Å²) in [6, 6.07) is 8.48. The summed E-state index contributed by atoms with van der Waals surface area (Å²) in [5, 5.41) is 15.1. The zero-order chi connectivity index (χ0) is 17.9. The Morgan fingerprint density at radius 3 is 2.58 bits per heavy atom. The Hall–Kier alpha value is -2.64. The fourth-order valence-electron chi connectivity index (χ4n) is 1.82. The molecular formula is C15H11Cl2N3O4. The van der Waals surface area contributed by atoms with Crippen LogP contribution in [-0.4, -0.2) is 16.7 Å². The van der Waals surface area contributed by atoms with E-state index in [1.54, 1.807) is 13.0 Å². The average molecular weight is 368 g/mol. The van der Waals surface area contributed by atoms with Crippen molar-refractivity contribution in [2.45, 2.75) is 6.92 Å². The van der Waals surface area contributed by atoms with Crippen LogP contribution < -0.4 is 5.73 Å². The Balaban J connectivity index is 2.20. The van der Waals surface area contributed by atoms with Crippen molar-refractivity contribution >= 4 is 40.7 Å². The number of nitro benzene ring substituents is 1. The van der Waals surface area contributed by atoms with Crippen molar-refractivity contribution in [2.24, 2.45) is 10.9 Å². The van der Waals surface area contributed by atoms with Crippen LogP contribution in [0.2, 0.25) is 10.0 Å². The third-order valence-electron chi connectivity index (χ3n) is 3.08. The van der Waals surface area contributed by atoms with E-state index in [4.69, 9.17) is 33.8 Å². The number of nitrogens with two attached hydrogens (primary N) is 1. The number of carbonyl (C=O) groups excluding carboxylic acids is 1. The summed E-state index contributed by atoms with van der Waals surface area (Å²) in [4.78, 5) is 27.0. The standard InChI is InChI=1S/C15H11Cl2N3O4/c1-8-2-3-9(6-13(8)20(22)23)15(21)24-19-14(18)11-5-4-10(16)7-12(11)17/h2-7H,1H3,(H2,18,19). The molecule has 0 amide bonds. The maximum absolute atomic E-state index is 11.9. The van der Waals surface area contributed by atoms with Gasteiger partial charge in [0.25, 0.3) is 5.69 Å². The van der Waals surface area contributed by atoms with Crippen LogP contribution in [0.15, 0.2) is 41.6 Å². The van der Waals surface area contributed by atoms with Crippen LogP contribution in [-0.2, 0) is 4.84 Å². The summed E-state index contributed by atoms with van der Waals surface area (Å²) < 4.78 is 0. The molecule has 0 atom stereocenters. The number of nitrogens with zero attached hydrogens (tertiary/aromatic N) is 2. The second-order valence-corrected chi connectivity index (χ2v) is 5.58. The molecule has 24 heavy (non-hydrogen) atoms. The Kier molecular flexibility index (Phi) is 5.38. The predicted octanol–water partition coefficient (Wildman–Crippen LogP) is 3.69. The molecule has 0 fully saturated rings. The average Bonchev–Trinajstić information content (AvgIpc) is 2.52. The number of hydrogen-bond donors (Lipinski definition) is 1. The van der Waals surface area contributed by atoms with Crippen molar-refractivity contribution in [1.29, 1.82) is 0 Å². The molecule has 0 aromatic heterocycles. The Morgan fingerprint density at radius 2 is 1.96 bits per heavy atom. The first-order valence-corrected chi connectivity index (χ1v) is 7.30. The normalized spacial score (nSPS) is 11.2. The van der Waals surface area contributed by atoms with E-state index in [-0.39, 0.29) is 22.1 Å². The lowest BCUT2D eigenvalue weighted by Gasteiger charge is -2.04. The topological polar surface area (TPSA) is 108 Å². The first kappa shape index (κ1) is 17.7. The summed E-state index contributed by atoms with van der Waals surface area (Å²) in [5.74, 6) is -1.02. The lowest BCUT2D eigenvalue weighted by atomic mass is 10.1. The number of hydrogen-bond acceptors (Lipinski definition) is 5. The zero-order valence-electron chi connectivity index (χ0n) is 12.3. The van der Waals surface area contributed by atoms with Crippen LogP contribution in [0.3, 0.4) is 0 Å². The minimum atomic E-state index is -0.883. The van der Waals surface area contributed by atoms with Gasteiger partial charge in [0.05, 0.1) is 15.5 Å². The molecule has 0 bridgehead atoms. The Morgan fingerprint density at radius 1 is 1.25 bits per heavy atom. The number of aryl methyl sites for hydroxylation is 1. The Bertz CT molecular complexity index is 853. The number of rotatable bonds is 4. The highest BCUT2D eigenvalue weighted by atomic mass is 35.5. The van der Waals surface area contributed by atoms with Gasteiger partial charge in [-0.05, 0) is 31.2 Å². The molecule has 124 valence electrons. The molecular weight excluding hydrogens is 357 g/mol. The molecule has 7 nitrogen and oxygen atoms in total. The number of amidine groups is 1. The van der Waals surface area contributed by atoms with E-state index in [9.17, 15) is 14.9 Å². The molecule has 2 N–H and O–H groups in total. The van der Waals surface area contributed by atoms with Gasteiger partial charge in [-0.1, -0.05) is 34.4 Å². The number of benzene rings is 2. The highest BCUT2D eigenvalue weighted by Gasteiger charge is 2.16. The quantitative estimate of drug-likeness (QED) is 0.291. The molecule has 9 heteroatoms. The summed E-state index contributed by atoms with van der Waals surface area (Å²) in [5.41, 5.74) is 6.26. The van der Waals surface area contributed by atoms with E-state index < -0.39 is 10.9 Å². The minimum absolute atomic E-state index is 0.0222. The van der Waals surface area contributed by atoms with Crippen LogP contribution in [0.1, 0.15) is 21.5 Å². The highest BCUT2D eigenvalue weighted by Crippen LogP contribution is 2.22. The van der Waals surface area contributed by atoms with Crippen LogP contribution in [0.5, 0.6) is 0 Å². The van der Waals surface area contributed by atoms with E-state index in [1.165, 1.54) is 24.3 Å². The largest absolute Gasteiger partial charge is 0.380 e. The van der Waals surface area contributed by atoms with Gasteiger partial charge in [-0.15, -0.1) is 0 Å². The van der Waals surface area contributed by atoms with E-state index in [0.29, 0.717) is 16.1 Å². The van der Waals surface area contributed by atoms with E-state index >= 15 is 0 Å². The molecule has 2 aromatic rings. The Labute approximate surface area is 146 Å². The van der Waals surface area contributed by atoms with Crippen molar-refractivity contribution in [3.63, 3.8) is 0 Å². The number of halogens is 2. The van der Waals surface area contributed by atoms with Crippen LogP contribution in [0, 0.1) is 17.0 Å². The fourth-order valence-corrected chi connectivity index (χ4v) is 2.33. The maximum Gasteiger partial charge on any atom is 0.366 e. The van der Waals surface area contributed by atoms with Crippen molar-refractivity contribution in [3.8, 4) is 0 Å². The van der Waals surface area contributed by atoms with Gasteiger partial charge in [-0.2, -0.15) is 0 Å². The SMILES string of the molecule is Cc1ccc(C(=O)O/N=C(\N)c2ccc(Cl)cc2Cl)cc1[N+](=O)[O-]. The molecule has 0 saturated heterocycles. The summed E-state index contributed by atoms with van der Waals surface area (Å²) in [6.45, 7) is 1.56. The van der Waals surface area contributed by atoms with Crippen molar-refractivity contribution in [3.05, 3.63) is 73.2 Å². The smallest absolute Gasteiger partial charge is 0.366 e. The first-order chi connectivity index (χ1) is 11.3. The maximum atomic E-state index is 11.9. The molecule has 0 spiro atoms. The highest BCUT2D eigenvalue weighted by molar-refractivity contribution is 6.36. The van der Waals surface area contributed by atoms with Gasteiger partial charge in [0.2, 0.25) is 0 Å². The molecule has 0 saturated carbocycles. The van der Waals surface area contributed by atoms with Crippen molar-refractivity contribution < 1.29 is 14.6 Å². The van der Waals surface area contributed by atoms with Gasteiger partial charge in [0.1, 0.15) is 0 Å². The van der Waals surface area contributed by atoms with Crippen LogP contribution in [0.4, 0.5) is 5.69 Å². The van der Waals surface area contributed by atoms with E-state index in [2.05, 4.69) is 5.16 Å². The molecule has 0 radical (unpaired) electrons. The molecule has 0 aliphatic carbocycles. The van der Waals surface area contributed by atoms with Gasteiger partial charge in [-0.3, -0.25) is 10.1 Å². The first-order valence-electron chi connectivity index (χ1n) is 6.55. The monoisotopic (exact) mass is 367 g/mol. The zero-order valence-corrected chi connectivity index (χ0v) is 13.8. The second kappa shape index (κ2) is 7.29. The summed E-state index contributed by atoms with van der Waals surface area (Å²) >= 11 is 11.7. The predicted molar refractivity (Wildman–Crippen MR) is 90.4 cm³/mol. The van der Waals surface area contributed by atoms with Gasteiger partial charge in [0.15, 0.2) is 5.84 Å². The van der Waals surface area contributed by atoms with Gasteiger partial charge in [0, 0.05) is 22.2 Å². The van der Waals surface area contributed by atoms with Gasteiger partial charge in [-0.25, -0.2) is 4.79 Å². The van der Waals surface area contributed by atoms with E-state index in [0.717, 1.165) is 6.07 Å². The molecule has 2 rings (SSSR count). The number of carbonyl (C=O) groups is 1. The third-order valence-corrected chi connectivity index (χ3v) is 3.62. The molecule has 0 heterocycles. The summed E-state index contributed by atoms with van der Waals surface area (Å²) in [6.07, 6.45) is 0. The molecule has 2 aromatic carbocycles. The van der Waals surface area contributed by atoms with Crippen molar-refractivity contribution in [2.75, 3.05) is 0 Å². The van der Waals surface area contributed by atoms with Gasteiger partial charge < -0.3 is 10.6 Å². The van der Waals surface area contributed by atoms with Gasteiger partial charge >= 0.3 is 5.97 Å². The third kappa shape index (κ3) is 4.01. The second-order valence-electron chi connectivity index (χ2n) is 4.74. The molecule has 0 aliphatic heterocycles. The number of oxime groups is 1. The molecule has 0 unspecified atom stereocenters. The number of nitro groups is 1. The van der Waals surface area contributed by atoms with Crippen molar-refractivity contribution in [1.82, 2.24) is 0 Å². The minimum Gasteiger partial charge on any atom is -0.380 e. The van der Waals surface area contributed by atoms with Crippen LogP contribution in [0.25, 0.3) is 0 Å². The lowest BCUT2D eigenvalue weighted by Crippen LogP contribution is -2.16. The summed E-state index contributed by atoms with van der Waals surface area (Å²) in [7, 11) is 0. The lowest BCUT2D eigenvalue weighted by molar-refractivity contribution is -0.385. The molecule has 0 aliphatic rings. The van der Waals surface area contributed by atoms with Crippen LogP contribution >= 0.6 is 23.2 Å². The van der Waals surface area contributed by atoms with E-state index in [1.807, 2.05) is 0 Å². The fraction of sp³-hybridized carbons (Fsp3) is 0.0667.